The molecule has 5 heteroatoms. The number of amidine groups is 1. The minimum Gasteiger partial charge on any atom is -0.361 e. The Balaban J connectivity index is 0.00000128. The van der Waals surface area contributed by atoms with Gasteiger partial charge in [-0.25, -0.2) is 0 Å². The lowest BCUT2D eigenvalue weighted by molar-refractivity contribution is 0.916. The van der Waals surface area contributed by atoms with E-state index in [4.69, 9.17) is 0 Å². The van der Waals surface area contributed by atoms with Crippen molar-refractivity contribution in [3.05, 3.63) is 35.9 Å². The molecular formula is C11H14I2N2S. The largest absolute Gasteiger partial charge is 0.361 e. The highest BCUT2D eigenvalue weighted by molar-refractivity contribution is 14.1. The zero-order valence-electron chi connectivity index (χ0n) is 8.73. The summed E-state index contributed by atoms with van der Waals surface area (Å²) < 4.78 is 1.17. The number of alkyl halides is 1. The molecule has 2 rings (SSSR count). The van der Waals surface area contributed by atoms with Gasteiger partial charge in [0.15, 0.2) is 5.17 Å². The van der Waals surface area contributed by atoms with Crippen LogP contribution in [-0.2, 0) is 6.54 Å². The highest BCUT2D eigenvalue weighted by Gasteiger charge is 2.17. The molecular weight excluding hydrogens is 446 g/mol. The third-order valence-corrected chi connectivity index (χ3v) is 4.98. The second kappa shape index (κ2) is 7.75. The van der Waals surface area contributed by atoms with Crippen LogP contribution >= 0.6 is 58.3 Å². The summed E-state index contributed by atoms with van der Waals surface area (Å²) in [4.78, 5) is 4.47. The smallest absolute Gasteiger partial charge is 0.157 e. The van der Waals surface area contributed by atoms with Gasteiger partial charge in [-0.15, -0.1) is 24.0 Å². The predicted octanol–water partition coefficient (Wildman–Crippen LogP) is 3.30. The van der Waals surface area contributed by atoms with Gasteiger partial charge < -0.3 is 5.32 Å². The minimum atomic E-state index is 0. The SMILES string of the molecule is I.ICC1CN=C(NCc2ccccc2)S1. The zero-order chi connectivity index (χ0) is 10.5. The summed E-state index contributed by atoms with van der Waals surface area (Å²) in [7, 11) is 0. The molecule has 88 valence electrons. The highest BCUT2D eigenvalue weighted by Crippen LogP contribution is 2.21. The summed E-state index contributed by atoms with van der Waals surface area (Å²) in [6, 6.07) is 10.4. The normalized spacial score (nSPS) is 18.8. The van der Waals surface area contributed by atoms with E-state index in [1.54, 1.807) is 0 Å². The summed E-state index contributed by atoms with van der Waals surface area (Å²) in [5.41, 5.74) is 1.30. The van der Waals surface area contributed by atoms with E-state index in [0.29, 0.717) is 5.25 Å². The van der Waals surface area contributed by atoms with Crippen LogP contribution in [0.15, 0.2) is 35.3 Å². The molecule has 0 bridgehead atoms. The molecule has 1 heterocycles. The first kappa shape index (κ1) is 14.6. The first-order valence-electron chi connectivity index (χ1n) is 4.93. The quantitative estimate of drug-likeness (QED) is 0.554. The van der Waals surface area contributed by atoms with E-state index in [1.165, 1.54) is 9.99 Å². The minimum absolute atomic E-state index is 0. The van der Waals surface area contributed by atoms with Crippen LogP contribution in [-0.4, -0.2) is 21.4 Å². The maximum atomic E-state index is 4.47. The van der Waals surface area contributed by atoms with Crippen molar-refractivity contribution in [2.24, 2.45) is 4.99 Å². The van der Waals surface area contributed by atoms with Crippen LogP contribution in [0.2, 0.25) is 0 Å². The molecule has 1 atom stereocenters. The Labute approximate surface area is 131 Å². The number of thioether (sulfide) groups is 1. The van der Waals surface area contributed by atoms with Crippen LogP contribution < -0.4 is 5.32 Å². The molecule has 1 unspecified atom stereocenters. The lowest BCUT2D eigenvalue weighted by Crippen LogP contribution is -2.18. The summed E-state index contributed by atoms with van der Waals surface area (Å²) >= 11 is 4.28. The molecule has 0 aliphatic carbocycles. The van der Waals surface area contributed by atoms with Crippen molar-refractivity contribution in [3.63, 3.8) is 0 Å². The predicted molar refractivity (Wildman–Crippen MR) is 91.3 cm³/mol. The topological polar surface area (TPSA) is 24.4 Å². The van der Waals surface area contributed by atoms with E-state index in [2.05, 4.69) is 57.2 Å². The van der Waals surface area contributed by atoms with Gasteiger partial charge in [0, 0.05) is 16.2 Å². The molecule has 0 saturated heterocycles. The van der Waals surface area contributed by atoms with Crippen LogP contribution in [0, 0.1) is 0 Å². The molecule has 1 aromatic rings. The molecule has 1 aliphatic heterocycles. The Hall–Kier alpha value is 0.500. The molecule has 1 aromatic carbocycles. The molecule has 1 aliphatic rings. The number of hydrogen-bond donors (Lipinski definition) is 1. The fraction of sp³-hybridized carbons (Fsp3) is 0.364. The average Bonchev–Trinajstić information content (AvgIpc) is 2.76. The van der Waals surface area contributed by atoms with Gasteiger partial charge in [0.05, 0.1) is 6.54 Å². The molecule has 0 saturated carbocycles. The number of halogens is 2. The van der Waals surface area contributed by atoms with E-state index in [0.717, 1.165) is 18.3 Å². The first-order chi connectivity index (χ1) is 7.38. The fourth-order valence-electron chi connectivity index (χ4n) is 1.37. The Bertz CT molecular complexity index is 343. The highest BCUT2D eigenvalue weighted by atomic mass is 127. The van der Waals surface area contributed by atoms with Gasteiger partial charge in [-0.2, -0.15) is 0 Å². The molecule has 1 N–H and O–H groups in total. The van der Waals surface area contributed by atoms with Gasteiger partial charge in [-0.3, -0.25) is 4.99 Å². The van der Waals surface area contributed by atoms with Crippen LogP contribution in [0.25, 0.3) is 0 Å². The van der Waals surface area contributed by atoms with Crippen molar-refractivity contribution < 1.29 is 0 Å². The molecule has 2 nitrogen and oxygen atoms in total. The van der Waals surface area contributed by atoms with Gasteiger partial charge in [-0.1, -0.05) is 64.7 Å². The summed E-state index contributed by atoms with van der Waals surface area (Å²) in [5.74, 6) is 0. The Morgan fingerprint density at radius 3 is 2.75 bits per heavy atom. The van der Waals surface area contributed by atoms with Crippen LogP contribution in [0.5, 0.6) is 0 Å². The monoisotopic (exact) mass is 460 g/mol. The van der Waals surface area contributed by atoms with Crippen LogP contribution in [0.4, 0.5) is 0 Å². The third kappa shape index (κ3) is 4.40. The number of hydrogen-bond acceptors (Lipinski definition) is 3. The van der Waals surface area contributed by atoms with Crippen molar-refractivity contribution in [2.75, 3.05) is 11.0 Å². The van der Waals surface area contributed by atoms with E-state index in [1.807, 2.05) is 17.8 Å². The molecule has 0 amide bonds. The number of nitrogens with one attached hydrogen (secondary N) is 1. The summed E-state index contributed by atoms with van der Waals surface area (Å²) in [6.45, 7) is 1.84. The molecule has 16 heavy (non-hydrogen) atoms. The summed E-state index contributed by atoms with van der Waals surface area (Å²) in [6.07, 6.45) is 0. The van der Waals surface area contributed by atoms with Crippen molar-refractivity contribution in [1.82, 2.24) is 5.32 Å². The van der Waals surface area contributed by atoms with Gasteiger partial charge >= 0.3 is 0 Å². The van der Waals surface area contributed by atoms with Gasteiger partial charge in [0.1, 0.15) is 0 Å². The number of benzene rings is 1. The molecule has 0 aromatic heterocycles. The van der Waals surface area contributed by atoms with Crippen molar-refractivity contribution >= 4 is 63.5 Å². The number of rotatable bonds is 3. The van der Waals surface area contributed by atoms with Crippen molar-refractivity contribution in [2.45, 2.75) is 11.8 Å². The maximum absolute atomic E-state index is 4.47. The standard InChI is InChI=1S/C11H13IN2S.HI/c12-6-10-8-14-11(15-10)13-7-9-4-2-1-3-5-9;/h1-5,10H,6-8H2,(H,13,14);1H. The number of nitrogens with zero attached hydrogens (tertiary/aromatic N) is 1. The second-order valence-electron chi connectivity index (χ2n) is 3.38. The molecule has 0 radical (unpaired) electrons. The lowest BCUT2D eigenvalue weighted by atomic mass is 10.2. The third-order valence-electron chi connectivity index (χ3n) is 2.18. The number of aliphatic imine (C=N–C) groups is 1. The lowest BCUT2D eigenvalue weighted by Gasteiger charge is -2.06. The van der Waals surface area contributed by atoms with Crippen LogP contribution in [0.3, 0.4) is 0 Å². The second-order valence-corrected chi connectivity index (χ2v) is 5.55. The van der Waals surface area contributed by atoms with E-state index in [-0.39, 0.29) is 24.0 Å². The Morgan fingerprint density at radius 2 is 2.12 bits per heavy atom. The van der Waals surface area contributed by atoms with E-state index in [9.17, 15) is 0 Å². The van der Waals surface area contributed by atoms with Crippen LogP contribution in [0.1, 0.15) is 5.56 Å². The van der Waals surface area contributed by atoms with E-state index >= 15 is 0 Å². The summed E-state index contributed by atoms with van der Waals surface area (Å²) in [5, 5.41) is 5.14. The van der Waals surface area contributed by atoms with Crippen molar-refractivity contribution in [1.29, 1.82) is 0 Å². The zero-order valence-corrected chi connectivity index (χ0v) is 14.0. The first-order valence-corrected chi connectivity index (χ1v) is 7.34. The average molecular weight is 460 g/mol. The van der Waals surface area contributed by atoms with Crippen molar-refractivity contribution in [3.8, 4) is 0 Å². The van der Waals surface area contributed by atoms with Gasteiger partial charge in [0.2, 0.25) is 0 Å². The van der Waals surface area contributed by atoms with Gasteiger partial charge in [0.25, 0.3) is 0 Å². The Kier molecular flexibility index (Phi) is 7.06. The maximum Gasteiger partial charge on any atom is 0.157 e. The van der Waals surface area contributed by atoms with Gasteiger partial charge in [-0.05, 0) is 5.56 Å². The Morgan fingerprint density at radius 1 is 1.38 bits per heavy atom. The van der Waals surface area contributed by atoms with E-state index < -0.39 is 0 Å². The molecule has 0 fully saturated rings. The fourth-order valence-corrected chi connectivity index (χ4v) is 3.02. The molecule has 0 spiro atoms.